The van der Waals surface area contributed by atoms with E-state index in [0.29, 0.717) is 22.1 Å². The average Bonchev–Trinajstić information content (AvgIpc) is 2.70. The molecule has 0 amide bonds. The molecule has 138 valence electrons. The minimum atomic E-state index is -0.676. The van der Waals surface area contributed by atoms with Gasteiger partial charge in [0.05, 0.1) is 23.5 Å². The highest BCUT2D eigenvalue weighted by Crippen LogP contribution is 2.42. The lowest BCUT2D eigenvalue weighted by Gasteiger charge is -2.24. The van der Waals surface area contributed by atoms with Gasteiger partial charge in [-0.2, -0.15) is 0 Å². The summed E-state index contributed by atoms with van der Waals surface area (Å²) in [5.41, 5.74) is 0.783. The van der Waals surface area contributed by atoms with Gasteiger partial charge in [-0.3, -0.25) is 14.4 Å². The number of fused-ring (bicyclic) bond motifs is 4. The largest absolute Gasteiger partial charge is 0.464 e. The second-order valence-corrected chi connectivity index (χ2v) is 6.92. The Kier molecular flexibility index (Phi) is 3.64. The van der Waals surface area contributed by atoms with Gasteiger partial charge in [-0.1, -0.05) is 23.7 Å². The normalized spacial score (nSPS) is 16.2. The molecule has 4 aromatic rings. The number of carbonyl (C=O) groups is 1. The molecule has 0 N–H and O–H groups in total. The van der Waals surface area contributed by atoms with E-state index in [-0.39, 0.29) is 33.6 Å². The number of esters is 1. The molecule has 3 heterocycles. The van der Waals surface area contributed by atoms with Gasteiger partial charge >= 0.3 is 5.97 Å². The molecular formula is C21H11ClO6. The first-order valence-electron chi connectivity index (χ1n) is 8.49. The molecule has 0 bridgehead atoms. The summed E-state index contributed by atoms with van der Waals surface area (Å²) in [6.45, 7) is 0. The van der Waals surface area contributed by atoms with E-state index < -0.39 is 17.3 Å². The SMILES string of the molecule is O=C1C[C@@H](c2coc3ccccc3c2=O)c2c(ccc3c(=O)c(Cl)coc23)O1. The van der Waals surface area contributed by atoms with Gasteiger partial charge < -0.3 is 13.6 Å². The van der Waals surface area contributed by atoms with E-state index in [4.69, 9.17) is 25.2 Å². The number of hydrogen-bond acceptors (Lipinski definition) is 6. The molecule has 0 saturated heterocycles. The number of para-hydroxylation sites is 1. The van der Waals surface area contributed by atoms with Gasteiger partial charge in [0.2, 0.25) is 5.43 Å². The molecule has 1 atom stereocenters. The fourth-order valence-electron chi connectivity index (χ4n) is 3.63. The second kappa shape index (κ2) is 6.07. The first-order valence-corrected chi connectivity index (χ1v) is 8.87. The van der Waals surface area contributed by atoms with Crippen molar-refractivity contribution in [3.63, 3.8) is 0 Å². The van der Waals surface area contributed by atoms with Crippen LogP contribution in [0.2, 0.25) is 5.02 Å². The summed E-state index contributed by atoms with van der Waals surface area (Å²) in [4.78, 5) is 37.6. The number of carbonyl (C=O) groups excluding carboxylic acids is 1. The van der Waals surface area contributed by atoms with Gasteiger partial charge in [0.25, 0.3) is 0 Å². The van der Waals surface area contributed by atoms with Crippen molar-refractivity contribution in [1.29, 1.82) is 0 Å². The van der Waals surface area contributed by atoms with Gasteiger partial charge in [-0.15, -0.1) is 0 Å². The Labute approximate surface area is 161 Å². The zero-order valence-corrected chi connectivity index (χ0v) is 15.0. The lowest BCUT2D eigenvalue weighted by atomic mass is 9.85. The highest BCUT2D eigenvalue weighted by atomic mass is 35.5. The molecule has 7 heteroatoms. The number of ether oxygens (including phenoxy) is 1. The van der Waals surface area contributed by atoms with Gasteiger partial charge in [-0.05, 0) is 24.3 Å². The van der Waals surface area contributed by atoms with Crippen LogP contribution in [0.3, 0.4) is 0 Å². The summed E-state index contributed by atoms with van der Waals surface area (Å²) in [6.07, 6.45) is 2.41. The summed E-state index contributed by atoms with van der Waals surface area (Å²) >= 11 is 5.88. The first-order chi connectivity index (χ1) is 13.5. The predicted molar refractivity (Wildman–Crippen MR) is 102 cm³/mol. The summed E-state index contributed by atoms with van der Waals surface area (Å²) in [5.74, 6) is -0.919. The molecule has 5 rings (SSSR count). The van der Waals surface area contributed by atoms with Crippen molar-refractivity contribution in [2.75, 3.05) is 0 Å². The van der Waals surface area contributed by atoms with Crippen LogP contribution in [-0.4, -0.2) is 5.97 Å². The van der Waals surface area contributed by atoms with Crippen LogP contribution < -0.4 is 15.6 Å². The number of rotatable bonds is 1. The Morgan fingerprint density at radius 3 is 2.57 bits per heavy atom. The Morgan fingerprint density at radius 1 is 0.893 bits per heavy atom. The minimum Gasteiger partial charge on any atom is -0.464 e. The smallest absolute Gasteiger partial charge is 0.312 e. The molecule has 0 aliphatic carbocycles. The average molecular weight is 395 g/mol. The van der Waals surface area contributed by atoms with Gasteiger partial charge in [0, 0.05) is 17.0 Å². The maximum Gasteiger partial charge on any atom is 0.312 e. The third-order valence-corrected chi connectivity index (χ3v) is 5.18. The van der Waals surface area contributed by atoms with Crippen LogP contribution in [0.15, 0.2) is 67.3 Å². The Bertz CT molecular complexity index is 1400. The van der Waals surface area contributed by atoms with Crippen LogP contribution in [-0.2, 0) is 4.79 Å². The predicted octanol–water partition coefficient (Wildman–Crippen LogP) is 3.99. The van der Waals surface area contributed by atoms with E-state index in [2.05, 4.69) is 0 Å². The topological polar surface area (TPSA) is 86.7 Å². The molecule has 0 fully saturated rings. The highest BCUT2D eigenvalue weighted by Gasteiger charge is 2.34. The van der Waals surface area contributed by atoms with Crippen LogP contribution in [0.1, 0.15) is 23.5 Å². The fraction of sp³-hybridized carbons (Fsp3) is 0.0952. The van der Waals surface area contributed by atoms with Crippen molar-refractivity contribution in [1.82, 2.24) is 0 Å². The molecule has 0 radical (unpaired) electrons. The summed E-state index contributed by atoms with van der Waals surface area (Å²) < 4.78 is 16.5. The van der Waals surface area contributed by atoms with Crippen LogP contribution >= 0.6 is 11.6 Å². The molecule has 28 heavy (non-hydrogen) atoms. The number of hydrogen-bond donors (Lipinski definition) is 0. The van der Waals surface area contributed by atoms with Crippen molar-refractivity contribution in [2.24, 2.45) is 0 Å². The highest BCUT2D eigenvalue weighted by molar-refractivity contribution is 6.30. The third kappa shape index (κ3) is 2.38. The van der Waals surface area contributed by atoms with E-state index in [9.17, 15) is 14.4 Å². The molecular weight excluding hydrogens is 384 g/mol. The molecule has 0 spiro atoms. The van der Waals surface area contributed by atoms with Gasteiger partial charge in [0.15, 0.2) is 5.43 Å². The molecule has 6 nitrogen and oxygen atoms in total. The van der Waals surface area contributed by atoms with E-state index in [1.54, 1.807) is 24.3 Å². The molecule has 1 aliphatic rings. The molecule has 0 unspecified atom stereocenters. The van der Waals surface area contributed by atoms with E-state index in [0.717, 1.165) is 6.26 Å². The van der Waals surface area contributed by atoms with Gasteiger partial charge in [-0.25, -0.2) is 0 Å². The summed E-state index contributed by atoms with van der Waals surface area (Å²) in [7, 11) is 0. The van der Waals surface area contributed by atoms with E-state index in [1.165, 1.54) is 18.4 Å². The maximum atomic E-state index is 13.1. The number of halogens is 1. The fourth-order valence-corrected chi connectivity index (χ4v) is 3.78. The quantitative estimate of drug-likeness (QED) is 0.358. The van der Waals surface area contributed by atoms with Gasteiger partial charge in [0.1, 0.15) is 28.2 Å². The third-order valence-electron chi connectivity index (χ3n) is 4.92. The van der Waals surface area contributed by atoms with Crippen LogP contribution in [0.25, 0.3) is 21.9 Å². The lowest BCUT2D eigenvalue weighted by Crippen LogP contribution is -2.25. The molecule has 0 saturated carbocycles. The standard InChI is InChI=1S/C21H11ClO6/c22-14-9-27-21-11(20(14)25)5-6-16-18(21)12(7-17(23)28-16)13-8-26-15-4-2-1-3-10(15)19(13)24/h1-6,8-9,12H,7H2/t12-/m0/s1. The molecule has 1 aliphatic heterocycles. The molecule has 2 aromatic carbocycles. The van der Waals surface area contributed by atoms with Crippen LogP contribution in [0, 0.1) is 0 Å². The summed E-state index contributed by atoms with van der Waals surface area (Å²) in [6, 6.07) is 9.87. The zero-order chi connectivity index (χ0) is 19.4. The van der Waals surface area contributed by atoms with Crippen LogP contribution in [0.5, 0.6) is 5.75 Å². The zero-order valence-electron chi connectivity index (χ0n) is 14.2. The number of benzene rings is 2. The Morgan fingerprint density at radius 2 is 1.71 bits per heavy atom. The maximum absolute atomic E-state index is 13.1. The summed E-state index contributed by atoms with van der Waals surface area (Å²) in [5, 5.41) is 0.603. The lowest BCUT2D eigenvalue weighted by molar-refractivity contribution is -0.135. The first kappa shape index (κ1) is 16.8. The minimum absolute atomic E-state index is 0.0537. The van der Waals surface area contributed by atoms with Crippen molar-refractivity contribution in [3.05, 3.63) is 85.5 Å². The van der Waals surface area contributed by atoms with E-state index >= 15 is 0 Å². The monoisotopic (exact) mass is 394 g/mol. The van der Waals surface area contributed by atoms with Crippen LogP contribution in [0.4, 0.5) is 0 Å². The Balaban J connectivity index is 1.84. The van der Waals surface area contributed by atoms with E-state index in [1.807, 2.05) is 0 Å². The molecule has 2 aromatic heterocycles. The van der Waals surface area contributed by atoms with Crippen molar-refractivity contribution in [2.45, 2.75) is 12.3 Å². The van der Waals surface area contributed by atoms with Crippen molar-refractivity contribution < 1.29 is 18.4 Å². The van der Waals surface area contributed by atoms with Crippen molar-refractivity contribution in [3.8, 4) is 5.75 Å². The Hall–Kier alpha value is -3.38. The second-order valence-electron chi connectivity index (χ2n) is 6.51. The van der Waals surface area contributed by atoms with Crippen molar-refractivity contribution >= 4 is 39.5 Å².